The molecule has 148 valence electrons. The molecule has 2 N–H and O–H groups in total. The molecule has 0 saturated carbocycles. The minimum atomic E-state index is -0.327. The summed E-state index contributed by atoms with van der Waals surface area (Å²) in [6.45, 7) is 5.91. The van der Waals surface area contributed by atoms with Crippen molar-refractivity contribution < 1.29 is 9.59 Å². The molecule has 5 heteroatoms. The molecule has 0 unspecified atom stereocenters. The highest BCUT2D eigenvalue weighted by molar-refractivity contribution is 7.10. The number of carbonyl (C=O) groups excluding carboxylic acids is 2. The molecule has 0 bridgehead atoms. The van der Waals surface area contributed by atoms with E-state index in [0.29, 0.717) is 5.56 Å². The number of nitrogens with one attached hydrogen (secondary N) is 2. The lowest BCUT2D eigenvalue weighted by Gasteiger charge is -2.17. The Morgan fingerprint density at radius 1 is 0.931 bits per heavy atom. The zero-order valence-corrected chi connectivity index (χ0v) is 17.5. The third-order valence-electron chi connectivity index (χ3n) is 4.56. The molecule has 1 aromatic heterocycles. The van der Waals surface area contributed by atoms with Gasteiger partial charge in [-0.05, 0) is 56.0 Å². The van der Waals surface area contributed by atoms with E-state index in [4.69, 9.17) is 0 Å². The van der Waals surface area contributed by atoms with Gasteiger partial charge in [0, 0.05) is 10.4 Å². The molecule has 0 fully saturated rings. The predicted octanol–water partition coefficient (Wildman–Crippen LogP) is 5.01. The first kappa shape index (κ1) is 20.6. The minimum absolute atomic E-state index is 0.189. The first-order valence-corrected chi connectivity index (χ1v) is 10.3. The van der Waals surface area contributed by atoms with Crippen LogP contribution in [-0.2, 0) is 4.79 Å². The van der Waals surface area contributed by atoms with E-state index in [9.17, 15) is 9.59 Å². The zero-order valence-electron chi connectivity index (χ0n) is 16.7. The van der Waals surface area contributed by atoms with E-state index in [2.05, 4.69) is 10.6 Å². The van der Waals surface area contributed by atoms with Crippen LogP contribution in [0.3, 0.4) is 0 Å². The van der Waals surface area contributed by atoms with Crippen molar-refractivity contribution in [3.8, 4) is 0 Å². The van der Waals surface area contributed by atoms with Crippen molar-refractivity contribution in [2.24, 2.45) is 0 Å². The molecule has 0 aliphatic heterocycles. The van der Waals surface area contributed by atoms with E-state index in [1.165, 1.54) is 11.3 Å². The zero-order chi connectivity index (χ0) is 20.8. The lowest BCUT2D eigenvalue weighted by molar-refractivity contribution is -0.118. The minimum Gasteiger partial charge on any atom is -0.344 e. The number of carbonyl (C=O) groups is 2. The number of rotatable bonds is 6. The molecule has 2 aromatic carbocycles. The van der Waals surface area contributed by atoms with Crippen LogP contribution in [0.15, 0.2) is 71.7 Å². The van der Waals surface area contributed by atoms with E-state index < -0.39 is 0 Å². The second-order valence-corrected chi connectivity index (χ2v) is 7.98. The summed E-state index contributed by atoms with van der Waals surface area (Å²) in [5.74, 6) is -0.641. The summed E-state index contributed by atoms with van der Waals surface area (Å²) < 4.78 is 0. The second-order valence-electron chi connectivity index (χ2n) is 7.00. The third-order valence-corrected chi connectivity index (χ3v) is 5.38. The molecule has 2 amide bonds. The molecular weight excluding hydrogens is 380 g/mol. The van der Waals surface area contributed by atoms with Gasteiger partial charge in [0.05, 0.1) is 6.04 Å². The number of amides is 2. The Labute approximate surface area is 175 Å². The fraction of sp³-hybridized carbons (Fsp3) is 0.167. The van der Waals surface area contributed by atoms with Gasteiger partial charge in [0.2, 0.25) is 0 Å². The first-order valence-electron chi connectivity index (χ1n) is 9.43. The van der Waals surface area contributed by atoms with Crippen LogP contribution in [0.2, 0.25) is 0 Å². The summed E-state index contributed by atoms with van der Waals surface area (Å²) in [5, 5.41) is 7.68. The van der Waals surface area contributed by atoms with Crippen LogP contribution in [0.25, 0.3) is 6.08 Å². The van der Waals surface area contributed by atoms with E-state index >= 15 is 0 Å². The van der Waals surface area contributed by atoms with Gasteiger partial charge in [-0.25, -0.2) is 0 Å². The maximum absolute atomic E-state index is 13.0. The van der Waals surface area contributed by atoms with Crippen molar-refractivity contribution >= 4 is 29.2 Å². The highest BCUT2D eigenvalue weighted by Crippen LogP contribution is 2.16. The number of hydrogen-bond donors (Lipinski definition) is 2. The van der Waals surface area contributed by atoms with Crippen LogP contribution in [0.5, 0.6) is 0 Å². The van der Waals surface area contributed by atoms with Crippen molar-refractivity contribution in [3.05, 3.63) is 98.9 Å². The molecule has 1 heterocycles. The summed E-state index contributed by atoms with van der Waals surface area (Å²) in [7, 11) is 0. The smallest absolute Gasteiger partial charge is 0.268 e. The van der Waals surface area contributed by atoms with Crippen molar-refractivity contribution in [3.63, 3.8) is 0 Å². The fourth-order valence-corrected chi connectivity index (χ4v) is 3.44. The molecule has 3 aromatic rings. The molecule has 0 spiro atoms. The Morgan fingerprint density at radius 3 is 2.14 bits per heavy atom. The van der Waals surface area contributed by atoms with Crippen molar-refractivity contribution in [1.29, 1.82) is 0 Å². The van der Waals surface area contributed by atoms with Crippen LogP contribution >= 0.6 is 11.3 Å². The van der Waals surface area contributed by atoms with Crippen LogP contribution in [0.4, 0.5) is 0 Å². The largest absolute Gasteiger partial charge is 0.344 e. The summed E-state index contributed by atoms with van der Waals surface area (Å²) in [6.07, 6.45) is 1.70. The molecule has 0 aliphatic rings. The first-order chi connectivity index (χ1) is 13.9. The number of benzene rings is 2. The Hall–Kier alpha value is -3.18. The molecule has 0 saturated heterocycles. The van der Waals surface area contributed by atoms with Crippen molar-refractivity contribution in [2.75, 3.05) is 0 Å². The topological polar surface area (TPSA) is 58.2 Å². The van der Waals surface area contributed by atoms with Gasteiger partial charge in [0.25, 0.3) is 11.8 Å². The molecule has 1 atom stereocenters. The summed E-state index contributed by atoms with van der Waals surface area (Å²) in [4.78, 5) is 26.5. The van der Waals surface area contributed by atoms with E-state index in [1.807, 2.05) is 74.7 Å². The highest BCUT2D eigenvalue weighted by atomic mass is 32.1. The summed E-state index contributed by atoms with van der Waals surface area (Å²) >= 11 is 1.50. The molecular formula is C24H24N2O2S. The Kier molecular flexibility index (Phi) is 6.62. The van der Waals surface area contributed by atoms with Gasteiger partial charge in [-0.1, -0.05) is 53.6 Å². The lowest BCUT2D eigenvalue weighted by atomic mass is 10.1. The number of aryl methyl sites for hydroxylation is 2. The lowest BCUT2D eigenvalue weighted by Crippen LogP contribution is -2.36. The Bertz CT molecular complexity index is 1000. The number of thiophene rings is 1. The third kappa shape index (κ3) is 5.65. The van der Waals surface area contributed by atoms with Crippen molar-refractivity contribution in [1.82, 2.24) is 10.6 Å². The van der Waals surface area contributed by atoms with Crippen LogP contribution in [0, 0.1) is 13.8 Å². The normalized spacial score (nSPS) is 12.3. The van der Waals surface area contributed by atoms with Crippen molar-refractivity contribution in [2.45, 2.75) is 26.8 Å². The van der Waals surface area contributed by atoms with E-state index in [-0.39, 0.29) is 23.6 Å². The maximum Gasteiger partial charge on any atom is 0.268 e. The quantitative estimate of drug-likeness (QED) is 0.567. The average molecular weight is 405 g/mol. The molecule has 29 heavy (non-hydrogen) atoms. The van der Waals surface area contributed by atoms with Crippen LogP contribution in [0.1, 0.15) is 44.9 Å². The SMILES string of the molecule is Cc1ccc(C(=O)N/C(=C\c2cccs2)C(=O)N[C@H](C)c2ccc(C)cc2)cc1. The van der Waals surface area contributed by atoms with E-state index in [0.717, 1.165) is 21.6 Å². The monoisotopic (exact) mass is 404 g/mol. The summed E-state index contributed by atoms with van der Waals surface area (Å²) in [5.41, 5.74) is 3.96. The number of hydrogen-bond acceptors (Lipinski definition) is 3. The molecule has 0 radical (unpaired) electrons. The van der Waals surface area contributed by atoms with Gasteiger partial charge >= 0.3 is 0 Å². The molecule has 3 rings (SSSR count). The fourth-order valence-electron chi connectivity index (χ4n) is 2.79. The molecule has 4 nitrogen and oxygen atoms in total. The van der Waals surface area contributed by atoms with Gasteiger partial charge in [-0.3, -0.25) is 9.59 Å². The van der Waals surface area contributed by atoms with E-state index in [1.54, 1.807) is 18.2 Å². The van der Waals surface area contributed by atoms with Crippen LogP contribution in [-0.4, -0.2) is 11.8 Å². The molecule has 0 aliphatic carbocycles. The van der Waals surface area contributed by atoms with Gasteiger partial charge in [0.1, 0.15) is 5.70 Å². The highest BCUT2D eigenvalue weighted by Gasteiger charge is 2.17. The van der Waals surface area contributed by atoms with Gasteiger partial charge in [0.15, 0.2) is 0 Å². The van der Waals surface area contributed by atoms with Gasteiger partial charge in [-0.2, -0.15) is 0 Å². The maximum atomic E-state index is 13.0. The second kappa shape index (κ2) is 9.34. The Balaban J connectivity index is 1.79. The standard InChI is InChI=1S/C24H24N2O2S/c1-16-6-10-19(11-7-16)18(3)25-24(28)22(15-21-5-4-14-29-21)26-23(27)20-12-8-17(2)9-13-20/h4-15,18H,1-3H3,(H,25,28)(H,26,27)/b22-15-/t18-/m1/s1. The van der Waals surface area contributed by atoms with Crippen LogP contribution < -0.4 is 10.6 Å². The average Bonchev–Trinajstić information content (AvgIpc) is 3.21. The van der Waals surface area contributed by atoms with Gasteiger partial charge < -0.3 is 10.6 Å². The predicted molar refractivity (Wildman–Crippen MR) is 119 cm³/mol. The Morgan fingerprint density at radius 2 is 1.55 bits per heavy atom. The summed E-state index contributed by atoms with van der Waals surface area (Å²) in [6, 6.07) is 18.9. The van der Waals surface area contributed by atoms with Gasteiger partial charge in [-0.15, -0.1) is 11.3 Å².